The van der Waals surface area contributed by atoms with E-state index in [1.807, 2.05) is 24.3 Å². The van der Waals surface area contributed by atoms with Crippen LogP contribution in [0.1, 0.15) is 43.9 Å². The van der Waals surface area contributed by atoms with Crippen molar-refractivity contribution in [2.75, 3.05) is 25.6 Å². The van der Waals surface area contributed by atoms with E-state index in [9.17, 15) is 14.4 Å². The molecule has 6 rings (SSSR count). The third-order valence-corrected chi connectivity index (χ3v) is 6.79. The molecule has 0 saturated carbocycles. The summed E-state index contributed by atoms with van der Waals surface area (Å²) in [6.45, 7) is 0.862. The van der Waals surface area contributed by atoms with Gasteiger partial charge in [0.2, 0.25) is 11.8 Å². The van der Waals surface area contributed by atoms with Crippen molar-refractivity contribution in [1.82, 2.24) is 15.1 Å². The van der Waals surface area contributed by atoms with Gasteiger partial charge in [0, 0.05) is 29.0 Å². The minimum absolute atomic E-state index is 0.140. The van der Waals surface area contributed by atoms with Crippen molar-refractivity contribution in [1.29, 1.82) is 0 Å². The maximum Gasteiger partial charge on any atom is 0.261 e. The van der Waals surface area contributed by atoms with Gasteiger partial charge in [-0.05, 0) is 79.6 Å². The van der Waals surface area contributed by atoms with E-state index in [0.717, 1.165) is 24.2 Å². The van der Waals surface area contributed by atoms with E-state index in [1.54, 1.807) is 37.4 Å². The lowest BCUT2D eigenvalue weighted by Gasteiger charge is -2.17. The molecule has 1 fully saturated rings. The third kappa shape index (κ3) is 4.77. The number of hydrogen-bond acceptors (Lipinski definition) is 8. The van der Waals surface area contributed by atoms with Crippen LogP contribution in [0.3, 0.4) is 0 Å². The fraction of sp³-hybridized carbons (Fsp3) is 0.207. The van der Waals surface area contributed by atoms with Gasteiger partial charge in [0.25, 0.3) is 17.7 Å². The van der Waals surface area contributed by atoms with Crippen LogP contribution < -0.4 is 10.1 Å². The van der Waals surface area contributed by atoms with Crippen LogP contribution in [0.2, 0.25) is 0 Å². The molecule has 1 aromatic heterocycles. The second kappa shape index (κ2) is 10.1. The van der Waals surface area contributed by atoms with Gasteiger partial charge < -0.3 is 19.2 Å². The van der Waals surface area contributed by atoms with E-state index < -0.39 is 11.8 Å². The smallest absolute Gasteiger partial charge is 0.261 e. The molecule has 1 N–H and O–H groups in total. The average molecular weight is 525 g/mol. The van der Waals surface area contributed by atoms with E-state index in [-0.39, 0.29) is 29.7 Å². The molecule has 0 spiro atoms. The predicted octanol–water partition coefficient (Wildman–Crippen LogP) is 4.44. The molecular weight excluding hydrogens is 500 g/mol. The number of imide groups is 1. The van der Waals surface area contributed by atoms with Crippen LogP contribution in [-0.4, -0.2) is 59.2 Å². The summed E-state index contributed by atoms with van der Waals surface area (Å²) in [5.41, 5.74) is 2.80. The zero-order chi connectivity index (χ0) is 26.9. The highest BCUT2D eigenvalue weighted by Gasteiger charge is 2.38. The molecule has 196 valence electrons. The number of fused-ring (bicyclic) bond motifs is 1. The zero-order valence-corrected chi connectivity index (χ0v) is 21.0. The number of carbonyl (C=O) groups excluding carboxylic acids is 3. The first-order chi connectivity index (χ1) is 19.0. The van der Waals surface area contributed by atoms with Crippen molar-refractivity contribution in [3.63, 3.8) is 0 Å². The standard InChI is InChI=1S/C29H24N4O6/c1-37-21-11-6-18(7-12-21)27-32-31-26(39-27)17-4-9-20(10-5-17)30-25(34)19-8-13-23-24(15-19)29(36)33(28(23)35)16-22-3-2-14-38-22/h4-13,15,22H,2-3,14,16H2,1H3,(H,30,34). The summed E-state index contributed by atoms with van der Waals surface area (Å²) in [6.07, 6.45) is 1.59. The number of nitrogens with one attached hydrogen (secondary N) is 1. The van der Waals surface area contributed by atoms with Crippen molar-refractivity contribution < 1.29 is 28.3 Å². The van der Waals surface area contributed by atoms with Gasteiger partial charge >= 0.3 is 0 Å². The molecule has 39 heavy (non-hydrogen) atoms. The number of ether oxygens (including phenoxy) is 2. The van der Waals surface area contributed by atoms with E-state index in [2.05, 4.69) is 15.5 Å². The van der Waals surface area contributed by atoms with E-state index in [1.165, 1.54) is 17.0 Å². The van der Waals surface area contributed by atoms with Crippen LogP contribution in [0.15, 0.2) is 71.1 Å². The lowest BCUT2D eigenvalue weighted by atomic mass is 10.1. The summed E-state index contributed by atoms with van der Waals surface area (Å²) in [6, 6.07) is 18.8. The Kier molecular flexibility index (Phi) is 6.37. The SMILES string of the molecule is COc1ccc(-c2nnc(-c3ccc(NC(=O)c4ccc5c(c4)C(=O)N(CC4CCCO4)C5=O)cc3)o2)cc1. The topological polar surface area (TPSA) is 124 Å². The molecule has 1 unspecified atom stereocenters. The number of benzene rings is 3. The normalized spacial score (nSPS) is 16.4. The summed E-state index contributed by atoms with van der Waals surface area (Å²) in [4.78, 5) is 39.8. The molecule has 4 aromatic rings. The first-order valence-corrected chi connectivity index (χ1v) is 12.5. The molecule has 2 aliphatic heterocycles. The molecule has 3 aromatic carbocycles. The predicted molar refractivity (Wildman–Crippen MR) is 140 cm³/mol. The maximum atomic E-state index is 12.9. The minimum Gasteiger partial charge on any atom is -0.497 e. The van der Waals surface area contributed by atoms with Gasteiger partial charge in [-0.15, -0.1) is 10.2 Å². The number of nitrogens with zero attached hydrogens (tertiary/aromatic N) is 3. The largest absolute Gasteiger partial charge is 0.497 e. The molecule has 2 aliphatic rings. The van der Waals surface area contributed by atoms with Crippen molar-refractivity contribution in [2.45, 2.75) is 18.9 Å². The summed E-state index contributed by atoms with van der Waals surface area (Å²) in [5, 5.41) is 11.1. The Morgan fingerprint density at radius 3 is 2.26 bits per heavy atom. The summed E-state index contributed by atoms with van der Waals surface area (Å²) in [5.74, 6) is 0.287. The van der Waals surface area contributed by atoms with Crippen LogP contribution in [0.4, 0.5) is 5.69 Å². The van der Waals surface area contributed by atoms with E-state index in [4.69, 9.17) is 13.9 Å². The molecule has 0 radical (unpaired) electrons. The van der Waals surface area contributed by atoms with Crippen LogP contribution in [-0.2, 0) is 4.74 Å². The Morgan fingerprint density at radius 2 is 1.62 bits per heavy atom. The molecule has 10 heteroatoms. The fourth-order valence-corrected chi connectivity index (χ4v) is 4.68. The Bertz CT molecular complexity index is 1560. The number of rotatable bonds is 7. The molecule has 1 atom stereocenters. The lowest BCUT2D eigenvalue weighted by Crippen LogP contribution is -2.36. The highest BCUT2D eigenvalue weighted by Crippen LogP contribution is 2.28. The quantitative estimate of drug-likeness (QED) is 0.352. The minimum atomic E-state index is -0.405. The molecule has 0 bridgehead atoms. The van der Waals surface area contributed by atoms with E-state index >= 15 is 0 Å². The monoisotopic (exact) mass is 524 g/mol. The summed E-state index contributed by atoms with van der Waals surface area (Å²) < 4.78 is 16.6. The first kappa shape index (κ1) is 24.5. The van der Waals surface area contributed by atoms with Gasteiger partial charge in [-0.3, -0.25) is 19.3 Å². The van der Waals surface area contributed by atoms with Crippen molar-refractivity contribution >= 4 is 23.4 Å². The fourth-order valence-electron chi connectivity index (χ4n) is 4.68. The van der Waals surface area contributed by atoms with E-state index in [0.29, 0.717) is 35.2 Å². The number of amides is 3. The maximum absolute atomic E-state index is 12.9. The van der Waals surface area contributed by atoms with Gasteiger partial charge in [0.15, 0.2) is 0 Å². The zero-order valence-electron chi connectivity index (χ0n) is 21.0. The molecule has 10 nitrogen and oxygen atoms in total. The highest BCUT2D eigenvalue weighted by molar-refractivity contribution is 6.22. The molecule has 0 aliphatic carbocycles. The van der Waals surface area contributed by atoms with Gasteiger partial charge in [-0.2, -0.15) is 0 Å². The second-order valence-electron chi connectivity index (χ2n) is 9.29. The van der Waals surface area contributed by atoms with Gasteiger partial charge in [0.1, 0.15) is 5.75 Å². The number of carbonyl (C=O) groups is 3. The number of anilines is 1. The van der Waals surface area contributed by atoms with Crippen molar-refractivity contribution in [2.24, 2.45) is 0 Å². The molecule has 1 saturated heterocycles. The Hall–Kier alpha value is -4.83. The molecular formula is C29H24N4O6. The van der Waals surface area contributed by atoms with Crippen LogP contribution >= 0.6 is 0 Å². The number of methoxy groups -OCH3 is 1. The molecule has 3 heterocycles. The number of aromatic nitrogens is 2. The van der Waals surface area contributed by atoms with Gasteiger partial charge in [-0.1, -0.05) is 0 Å². The summed E-state index contributed by atoms with van der Waals surface area (Å²) in [7, 11) is 1.60. The molecule has 3 amide bonds. The average Bonchev–Trinajstić information content (AvgIpc) is 3.72. The van der Waals surface area contributed by atoms with Crippen LogP contribution in [0.25, 0.3) is 22.9 Å². The highest BCUT2D eigenvalue weighted by atomic mass is 16.5. The van der Waals surface area contributed by atoms with Crippen molar-refractivity contribution in [3.05, 3.63) is 83.4 Å². The second-order valence-corrected chi connectivity index (χ2v) is 9.29. The third-order valence-electron chi connectivity index (χ3n) is 6.79. The Labute approximate surface area is 223 Å². The van der Waals surface area contributed by atoms with Crippen LogP contribution in [0.5, 0.6) is 5.75 Å². The van der Waals surface area contributed by atoms with Crippen molar-refractivity contribution in [3.8, 4) is 28.7 Å². The Balaban J connectivity index is 1.13. The lowest BCUT2D eigenvalue weighted by molar-refractivity contribution is 0.0475. The van der Waals surface area contributed by atoms with Gasteiger partial charge in [0.05, 0.1) is 30.9 Å². The summed E-state index contributed by atoms with van der Waals surface area (Å²) >= 11 is 0. The first-order valence-electron chi connectivity index (χ1n) is 12.5. The Morgan fingerprint density at radius 1 is 0.949 bits per heavy atom. The number of hydrogen-bond donors (Lipinski definition) is 1. The van der Waals surface area contributed by atoms with Crippen LogP contribution in [0, 0.1) is 0 Å². The van der Waals surface area contributed by atoms with Gasteiger partial charge in [-0.25, -0.2) is 0 Å².